The summed E-state index contributed by atoms with van der Waals surface area (Å²) in [5.74, 6) is 0.807. The third kappa shape index (κ3) is 2.70. The molecule has 1 saturated heterocycles. The Balaban J connectivity index is 1.94. The predicted octanol–water partition coefficient (Wildman–Crippen LogP) is -0.830. The van der Waals surface area contributed by atoms with Crippen molar-refractivity contribution in [3.63, 3.8) is 0 Å². The average Bonchev–Trinajstić information content (AvgIpc) is 2.75. The highest BCUT2D eigenvalue weighted by Crippen LogP contribution is 2.16. The number of nitrogens with zero attached hydrogens (tertiary/aromatic N) is 2. The van der Waals surface area contributed by atoms with E-state index < -0.39 is 9.84 Å². The van der Waals surface area contributed by atoms with E-state index in [9.17, 15) is 8.42 Å². The summed E-state index contributed by atoms with van der Waals surface area (Å²) in [5, 5.41) is 10.5. The van der Waals surface area contributed by atoms with Gasteiger partial charge in [0.15, 0.2) is 9.84 Å². The molecule has 0 aliphatic carbocycles. The van der Waals surface area contributed by atoms with E-state index in [4.69, 9.17) is 10.2 Å². The maximum absolute atomic E-state index is 11.2. The second-order valence-corrected chi connectivity index (χ2v) is 6.01. The van der Waals surface area contributed by atoms with Crippen LogP contribution in [-0.2, 0) is 16.3 Å². The van der Waals surface area contributed by atoms with Gasteiger partial charge in [0.05, 0.1) is 11.5 Å². The van der Waals surface area contributed by atoms with Crippen molar-refractivity contribution < 1.29 is 12.8 Å². The number of hydrogen-bond donors (Lipinski definition) is 2. The van der Waals surface area contributed by atoms with E-state index in [2.05, 4.69) is 15.5 Å². The van der Waals surface area contributed by atoms with Crippen LogP contribution in [0.1, 0.15) is 12.3 Å². The zero-order valence-corrected chi connectivity index (χ0v) is 9.53. The Bertz CT molecular complexity index is 456. The van der Waals surface area contributed by atoms with Crippen LogP contribution < -0.4 is 11.1 Å². The van der Waals surface area contributed by atoms with E-state index in [0.717, 1.165) is 0 Å². The molecule has 0 amide bonds. The number of anilines is 1. The average molecular weight is 246 g/mol. The van der Waals surface area contributed by atoms with Gasteiger partial charge in [-0.2, -0.15) is 0 Å². The maximum Gasteiger partial charge on any atom is 0.315 e. The third-order valence-electron chi connectivity index (χ3n) is 2.39. The number of hydrogen-bond acceptors (Lipinski definition) is 7. The summed E-state index contributed by atoms with van der Waals surface area (Å²) in [7, 11) is -2.89. The Morgan fingerprint density at radius 3 is 2.94 bits per heavy atom. The van der Waals surface area contributed by atoms with Gasteiger partial charge >= 0.3 is 6.01 Å². The molecule has 1 aromatic heterocycles. The maximum atomic E-state index is 11.2. The first kappa shape index (κ1) is 11.3. The molecule has 3 N–H and O–H groups in total. The SMILES string of the molecule is NCCc1nnc(NC2CCS(=O)(=O)C2)o1. The van der Waals surface area contributed by atoms with Crippen molar-refractivity contribution in [2.45, 2.75) is 18.9 Å². The molecule has 1 unspecified atom stereocenters. The van der Waals surface area contributed by atoms with Crippen LogP contribution in [0, 0.1) is 0 Å². The highest BCUT2D eigenvalue weighted by molar-refractivity contribution is 7.91. The van der Waals surface area contributed by atoms with Crippen LogP contribution >= 0.6 is 0 Å². The smallest absolute Gasteiger partial charge is 0.315 e. The summed E-state index contributed by atoms with van der Waals surface area (Å²) in [6, 6.07) is 0.140. The van der Waals surface area contributed by atoms with E-state index in [0.29, 0.717) is 25.3 Å². The quantitative estimate of drug-likeness (QED) is 0.713. The molecule has 0 saturated carbocycles. The molecule has 0 bridgehead atoms. The van der Waals surface area contributed by atoms with E-state index in [-0.39, 0.29) is 23.6 Å². The molecular formula is C8H14N4O3S. The fraction of sp³-hybridized carbons (Fsp3) is 0.750. The van der Waals surface area contributed by atoms with Crippen LogP contribution in [0.2, 0.25) is 0 Å². The number of nitrogens with one attached hydrogen (secondary N) is 1. The third-order valence-corrected chi connectivity index (χ3v) is 4.15. The first-order chi connectivity index (χ1) is 7.59. The molecule has 8 heteroatoms. The van der Waals surface area contributed by atoms with E-state index >= 15 is 0 Å². The lowest BCUT2D eigenvalue weighted by atomic mass is 10.3. The first-order valence-corrected chi connectivity index (χ1v) is 6.90. The Morgan fingerprint density at radius 2 is 2.31 bits per heavy atom. The molecule has 0 aromatic carbocycles. The monoisotopic (exact) mass is 246 g/mol. The van der Waals surface area contributed by atoms with Gasteiger partial charge in [0.1, 0.15) is 0 Å². The van der Waals surface area contributed by atoms with Crippen molar-refractivity contribution in [1.29, 1.82) is 0 Å². The number of rotatable bonds is 4. The van der Waals surface area contributed by atoms with Crippen molar-refractivity contribution in [2.24, 2.45) is 5.73 Å². The Kier molecular flexibility index (Phi) is 3.10. The van der Waals surface area contributed by atoms with Gasteiger partial charge in [0.2, 0.25) is 5.89 Å². The lowest BCUT2D eigenvalue weighted by Gasteiger charge is -2.06. The standard InChI is InChI=1S/C8H14N4O3S/c9-3-1-7-11-12-8(15-7)10-6-2-4-16(13,14)5-6/h6H,1-5,9H2,(H,10,12). The molecule has 1 aliphatic heterocycles. The minimum absolute atomic E-state index is 0.127. The highest BCUT2D eigenvalue weighted by atomic mass is 32.2. The highest BCUT2D eigenvalue weighted by Gasteiger charge is 2.28. The Labute approximate surface area is 93.3 Å². The van der Waals surface area contributed by atoms with Crippen molar-refractivity contribution in [3.05, 3.63) is 5.89 Å². The molecule has 1 aliphatic rings. The lowest BCUT2D eigenvalue weighted by Crippen LogP contribution is -2.20. The number of aromatic nitrogens is 2. The zero-order valence-electron chi connectivity index (χ0n) is 8.72. The summed E-state index contributed by atoms with van der Waals surface area (Å²) in [6.45, 7) is 0.444. The number of nitrogens with two attached hydrogens (primary N) is 1. The number of sulfone groups is 1. The fourth-order valence-corrected chi connectivity index (χ4v) is 3.29. The van der Waals surface area contributed by atoms with E-state index in [1.165, 1.54) is 0 Å². The fourth-order valence-electron chi connectivity index (χ4n) is 1.62. The summed E-state index contributed by atoms with van der Waals surface area (Å²) in [4.78, 5) is 0. The summed E-state index contributed by atoms with van der Waals surface area (Å²) in [6.07, 6.45) is 1.11. The van der Waals surface area contributed by atoms with Crippen molar-refractivity contribution in [2.75, 3.05) is 23.4 Å². The van der Waals surface area contributed by atoms with Crippen LogP contribution in [-0.4, -0.2) is 42.7 Å². The van der Waals surface area contributed by atoms with E-state index in [1.807, 2.05) is 0 Å². The molecule has 7 nitrogen and oxygen atoms in total. The minimum Gasteiger partial charge on any atom is -0.408 e. The summed E-state index contributed by atoms with van der Waals surface area (Å²) >= 11 is 0. The van der Waals surface area contributed by atoms with Gasteiger partial charge in [-0.15, -0.1) is 5.10 Å². The van der Waals surface area contributed by atoms with Gasteiger partial charge in [-0.1, -0.05) is 5.10 Å². The molecule has 16 heavy (non-hydrogen) atoms. The Hall–Kier alpha value is -1.15. The van der Waals surface area contributed by atoms with Gasteiger partial charge in [-0.05, 0) is 6.42 Å². The van der Waals surface area contributed by atoms with Crippen LogP contribution in [0.4, 0.5) is 6.01 Å². The zero-order chi connectivity index (χ0) is 11.6. The molecular weight excluding hydrogens is 232 g/mol. The minimum atomic E-state index is -2.89. The van der Waals surface area contributed by atoms with Crippen molar-refractivity contribution >= 4 is 15.9 Å². The van der Waals surface area contributed by atoms with Gasteiger partial charge in [0, 0.05) is 19.0 Å². The lowest BCUT2D eigenvalue weighted by molar-refractivity contribution is 0.501. The predicted molar refractivity (Wildman–Crippen MR) is 57.7 cm³/mol. The first-order valence-electron chi connectivity index (χ1n) is 5.08. The van der Waals surface area contributed by atoms with Crippen LogP contribution in [0.3, 0.4) is 0 Å². The molecule has 2 heterocycles. The van der Waals surface area contributed by atoms with Crippen LogP contribution in [0.5, 0.6) is 0 Å². The van der Waals surface area contributed by atoms with Crippen molar-refractivity contribution in [1.82, 2.24) is 10.2 Å². The molecule has 1 fully saturated rings. The van der Waals surface area contributed by atoms with Gasteiger partial charge in [-0.3, -0.25) is 0 Å². The summed E-state index contributed by atoms with van der Waals surface area (Å²) < 4.78 is 27.7. The largest absolute Gasteiger partial charge is 0.408 e. The topological polar surface area (TPSA) is 111 Å². The van der Waals surface area contributed by atoms with Gasteiger partial charge < -0.3 is 15.5 Å². The summed E-state index contributed by atoms with van der Waals surface area (Å²) in [5.41, 5.74) is 5.34. The normalized spacial score (nSPS) is 23.4. The molecule has 1 aromatic rings. The van der Waals surface area contributed by atoms with Crippen LogP contribution in [0.15, 0.2) is 4.42 Å². The second-order valence-electron chi connectivity index (χ2n) is 3.78. The molecule has 0 spiro atoms. The second kappa shape index (κ2) is 4.38. The van der Waals surface area contributed by atoms with Crippen LogP contribution in [0.25, 0.3) is 0 Å². The molecule has 0 radical (unpaired) electrons. The molecule has 90 valence electrons. The Morgan fingerprint density at radius 1 is 1.50 bits per heavy atom. The molecule has 2 rings (SSSR count). The van der Waals surface area contributed by atoms with Gasteiger partial charge in [-0.25, -0.2) is 8.42 Å². The molecule has 1 atom stereocenters. The van der Waals surface area contributed by atoms with E-state index in [1.54, 1.807) is 0 Å². The van der Waals surface area contributed by atoms with Crippen molar-refractivity contribution in [3.8, 4) is 0 Å². The van der Waals surface area contributed by atoms with Gasteiger partial charge in [0.25, 0.3) is 0 Å².